The maximum atomic E-state index is 10.6. The molecule has 2 aromatic carbocycles. The van der Waals surface area contributed by atoms with E-state index < -0.39 is 6.03 Å². The third kappa shape index (κ3) is 6.42. The lowest BCUT2D eigenvalue weighted by molar-refractivity contribution is 0.240. The molecule has 0 spiro atoms. The van der Waals surface area contributed by atoms with Gasteiger partial charge in [0.15, 0.2) is 11.5 Å². The van der Waals surface area contributed by atoms with E-state index in [9.17, 15) is 4.79 Å². The van der Waals surface area contributed by atoms with E-state index in [1.54, 1.807) is 7.11 Å². The highest BCUT2D eigenvalue weighted by molar-refractivity contribution is 5.81. The van der Waals surface area contributed by atoms with E-state index in [1.165, 1.54) is 6.21 Å². The van der Waals surface area contributed by atoms with Crippen molar-refractivity contribution in [3.8, 4) is 17.2 Å². The van der Waals surface area contributed by atoms with E-state index in [-0.39, 0.29) is 0 Å². The lowest BCUT2D eigenvalue weighted by Gasteiger charge is -2.11. The van der Waals surface area contributed by atoms with Crippen molar-refractivity contribution in [2.24, 2.45) is 10.8 Å². The van der Waals surface area contributed by atoms with Gasteiger partial charge in [0.05, 0.1) is 26.5 Å². The predicted octanol–water partition coefficient (Wildman–Crippen LogP) is 2.55. The molecule has 132 valence electrons. The zero-order chi connectivity index (χ0) is 17.9. The zero-order valence-electron chi connectivity index (χ0n) is 14.0. The molecular formula is C18H21N3O4. The van der Waals surface area contributed by atoms with E-state index in [1.807, 2.05) is 48.5 Å². The van der Waals surface area contributed by atoms with Gasteiger partial charge in [-0.25, -0.2) is 10.2 Å². The molecule has 0 bridgehead atoms. The van der Waals surface area contributed by atoms with E-state index in [2.05, 4.69) is 10.5 Å². The van der Waals surface area contributed by atoms with Gasteiger partial charge in [-0.1, -0.05) is 24.3 Å². The van der Waals surface area contributed by atoms with Crippen LogP contribution in [0.1, 0.15) is 12.0 Å². The van der Waals surface area contributed by atoms with Crippen molar-refractivity contribution in [3.63, 3.8) is 0 Å². The lowest BCUT2D eigenvalue weighted by atomic mass is 10.2. The fourth-order valence-electron chi connectivity index (χ4n) is 2.02. The van der Waals surface area contributed by atoms with Crippen LogP contribution in [0.5, 0.6) is 17.2 Å². The van der Waals surface area contributed by atoms with Crippen LogP contribution < -0.4 is 25.4 Å². The largest absolute Gasteiger partial charge is 0.493 e. The number of carbonyl (C=O) groups excluding carboxylic acids is 1. The summed E-state index contributed by atoms with van der Waals surface area (Å²) in [6.45, 7) is 1.03. The van der Waals surface area contributed by atoms with Crippen LogP contribution in [0.3, 0.4) is 0 Å². The van der Waals surface area contributed by atoms with Gasteiger partial charge in [-0.3, -0.25) is 0 Å². The fraction of sp³-hybridized carbons (Fsp3) is 0.222. The van der Waals surface area contributed by atoms with Crippen molar-refractivity contribution < 1.29 is 19.0 Å². The van der Waals surface area contributed by atoms with Gasteiger partial charge >= 0.3 is 6.03 Å². The number of ether oxygens (including phenoxy) is 3. The van der Waals surface area contributed by atoms with Crippen molar-refractivity contribution in [1.29, 1.82) is 0 Å². The molecule has 7 heteroatoms. The first-order valence-electron chi connectivity index (χ1n) is 7.76. The fourth-order valence-corrected chi connectivity index (χ4v) is 2.02. The van der Waals surface area contributed by atoms with Gasteiger partial charge in [-0.05, 0) is 29.8 Å². The molecule has 2 aromatic rings. The molecule has 3 N–H and O–H groups in total. The SMILES string of the molecule is COc1ccccc1OCCCOc1cccc(/C=N/NC(N)=O)c1. The maximum absolute atomic E-state index is 10.6. The van der Waals surface area contributed by atoms with Gasteiger partial charge in [0.25, 0.3) is 0 Å². The highest BCUT2D eigenvalue weighted by atomic mass is 16.5. The Morgan fingerprint density at radius 1 is 1.12 bits per heavy atom. The van der Waals surface area contributed by atoms with Crippen LogP contribution in [0.2, 0.25) is 0 Å². The normalized spacial score (nSPS) is 10.4. The number of amides is 2. The molecular weight excluding hydrogens is 322 g/mol. The number of methoxy groups -OCH3 is 1. The molecule has 0 radical (unpaired) electrons. The summed E-state index contributed by atoms with van der Waals surface area (Å²) >= 11 is 0. The first kappa shape index (κ1) is 18.1. The molecule has 2 rings (SSSR count). The number of carbonyl (C=O) groups is 1. The number of rotatable bonds is 9. The molecule has 0 aromatic heterocycles. The first-order valence-corrected chi connectivity index (χ1v) is 7.76. The van der Waals surface area contributed by atoms with Gasteiger partial charge in [0.2, 0.25) is 0 Å². The van der Waals surface area contributed by atoms with Crippen LogP contribution in [0.4, 0.5) is 4.79 Å². The number of nitrogens with two attached hydrogens (primary N) is 1. The Bertz CT molecular complexity index is 719. The van der Waals surface area contributed by atoms with Crippen LogP contribution in [0.25, 0.3) is 0 Å². The van der Waals surface area contributed by atoms with Crippen molar-refractivity contribution in [1.82, 2.24) is 5.43 Å². The summed E-state index contributed by atoms with van der Waals surface area (Å²) in [5, 5.41) is 3.70. The number of para-hydroxylation sites is 2. The molecule has 0 heterocycles. The van der Waals surface area contributed by atoms with Gasteiger partial charge in [-0.15, -0.1) is 0 Å². The third-order valence-corrected chi connectivity index (χ3v) is 3.13. The Morgan fingerprint density at radius 3 is 2.64 bits per heavy atom. The van der Waals surface area contributed by atoms with E-state index >= 15 is 0 Å². The number of urea groups is 1. The Kier molecular flexibility index (Phi) is 7.12. The average molecular weight is 343 g/mol. The molecule has 0 saturated carbocycles. The highest BCUT2D eigenvalue weighted by Crippen LogP contribution is 2.25. The summed E-state index contributed by atoms with van der Waals surface area (Å²) in [7, 11) is 1.61. The summed E-state index contributed by atoms with van der Waals surface area (Å²) in [6.07, 6.45) is 2.21. The minimum Gasteiger partial charge on any atom is -0.493 e. The average Bonchev–Trinajstić information content (AvgIpc) is 2.62. The summed E-state index contributed by atoms with van der Waals surface area (Å²) < 4.78 is 16.6. The summed E-state index contributed by atoms with van der Waals surface area (Å²) in [5.41, 5.74) is 7.86. The molecule has 7 nitrogen and oxygen atoms in total. The number of hydrogen-bond acceptors (Lipinski definition) is 5. The molecule has 0 atom stereocenters. The highest BCUT2D eigenvalue weighted by Gasteiger charge is 2.02. The Labute approximate surface area is 146 Å². The maximum Gasteiger partial charge on any atom is 0.332 e. The molecule has 0 fully saturated rings. The van der Waals surface area contributed by atoms with Crippen molar-refractivity contribution >= 4 is 12.2 Å². The molecule has 25 heavy (non-hydrogen) atoms. The number of benzene rings is 2. The molecule has 0 aliphatic rings. The van der Waals surface area contributed by atoms with Crippen molar-refractivity contribution in [3.05, 3.63) is 54.1 Å². The van der Waals surface area contributed by atoms with Crippen molar-refractivity contribution in [2.45, 2.75) is 6.42 Å². The Hall–Kier alpha value is -3.22. The second-order valence-electron chi connectivity index (χ2n) is 5.01. The number of nitrogens with zero attached hydrogens (tertiary/aromatic N) is 1. The van der Waals surface area contributed by atoms with Crippen LogP contribution in [-0.4, -0.2) is 32.6 Å². The summed E-state index contributed by atoms with van der Waals surface area (Å²) in [4.78, 5) is 10.6. The number of primary amides is 1. The first-order chi connectivity index (χ1) is 12.2. The van der Waals surface area contributed by atoms with E-state index in [0.717, 1.165) is 12.0 Å². The molecule has 2 amide bonds. The van der Waals surface area contributed by atoms with E-state index in [0.29, 0.717) is 30.5 Å². The monoisotopic (exact) mass is 343 g/mol. The van der Waals surface area contributed by atoms with Crippen LogP contribution in [0, 0.1) is 0 Å². The quantitative estimate of drug-likeness (QED) is 0.415. The van der Waals surface area contributed by atoms with Gasteiger partial charge < -0.3 is 19.9 Å². The van der Waals surface area contributed by atoms with Gasteiger partial charge in [0.1, 0.15) is 5.75 Å². The molecule has 0 unspecified atom stereocenters. The summed E-state index contributed by atoms with van der Waals surface area (Å²) in [5.74, 6) is 2.13. The van der Waals surface area contributed by atoms with Crippen LogP contribution >= 0.6 is 0 Å². The zero-order valence-corrected chi connectivity index (χ0v) is 14.0. The minimum atomic E-state index is -0.710. The predicted molar refractivity (Wildman–Crippen MR) is 95.4 cm³/mol. The smallest absolute Gasteiger partial charge is 0.332 e. The number of hydrazone groups is 1. The summed E-state index contributed by atoms with van der Waals surface area (Å²) in [6, 6.07) is 14.1. The topological polar surface area (TPSA) is 95.2 Å². The Morgan fingerprint density at radius 2 is 1.88 bits per heavy atom. The Balaban J connectivity index is 1.74. The lowest BCUT2D eigenvalue weighted by Crippen LogP contribution is -2.24. The third-order valence-electron chi connectivity index (χ3n) is 3.13. The van der Waals surface area contributed by atoms with Gasteiger partial charge in [0, 0.05) is 6.42 Å². The van der Waals surface area contributed by atoms with Gasteiger partial charge in [-0.2, -0.15) is 5.10 Å². The molecule has 0 saturated heterocycles. The standard InChI is InChI=1S/C18H21N3O4/c1-23-16-8-2-3-9-17(16)25-11-5-10-24-15-7-4-6-14(12-15)13-20-21-18(19)22/h2-4,6-9,12-13H,5,10-11H2,1H3,(H3,19,21,22)/b20-13+. The molecule has 0 aliphatic heterocycles. The number of nitrogens with one attached hydrogen (secondary N) is 1. The minimum absolute atomic E-state index is 0.509. The van der Waals surface area contributed by atoms with Crippen molar-refractivity contribution in [2.75, 3.05) is 20.3 Å². The second kappa shape index (κ2) is 9.82. The number of hydrogen-bond donors (Lipinski definition) is 2. The van der Waals surface area contributed by atoms with Crippen LogP contribution in [-0.2, 0) is 0 Å². The van der Waals surface area contributed by atoms with E-state index in [4.69, 9.17) is 19.9 Å². The second-order valence-corrected chi connectivity index (χ2v) is 5.01. The van der Waals surface area contributed by atoms with Crippen LogP contribution in [0.15, 0.2) is 53.6 Å². The molecule has 0 aliphatic carbocycles.